The molecule has 4 rings (SSSR count). The molecule has 0 bridgehead atoms. The maximum atomic E-state index is 6.29. The normalized spacial score (nSPS) is 17.4. The standard InChI is InChI=1S/C20H19Cl2N3/c1-2-13-9-10-25(12-13)20-18-11-16(22)7-8-17(18)19(23-24-20)14-3-5-15(21)6-4-14/h3-8,11,13H,2,9-10,12H2,1H3. The van der Waals surface area contributed by atoms with Crippen LogP contribution in [0.4, 0.5) is 5.82 Å². The van der Waals surface area contributed by atoms with Crippen LogP contribution in [-0.4, -0.2) is 23.3 Å². The molecule has 3 aromatic rings. The highest BCUT2D eigenvalue weighted by Gasteiger charge is 2.24. The van der Waals surface area contributed by atoms with E-state index in [-0.39, 0.29) is 0 Å². The fraction of sp³-hybridized carbons (Fsp3) is 0.300. The second kappa shape index (κ2) is 6.81. The minimum Gasteiger partial charge on any atom is -0.354 e. The Labute approximate surface area is 157 Å². The average Bonchev–Trinajstić information content (AvgIpc) is 3.10. The first-order valence-electron chi connectivity index (χ1n) is 8.62. The summed E-state index contributed by atoms with van der Waals surface area (Å²) < 4.78 is 0. The molecule has 128 valence electrons. The van der Waals surface area contributed by atoms with Crippen LogP contribution in [0.2, 0.25) is 10.0 Å². The van der Waals surface area contributed by atoms with Crippen LogP contribution in [0.5, 0.6) is 0 Å². The van der Waals surface area contributed by atoms with Crippen molar-refractivity contribution in [3.8, 4) is 11.3 Å². The van der Waals surface area contributed by atoms with Crippen LogP contribution in [0.1, 0.15) is 19.8 Å². The van der Waals surface area contributed by atoms with Crippen molar-refractivity contribution in [3.63, 3.8) is 0 Å². The fourth-order valence-corrected chi connectivity index (χ4v) is 3.82. The zero-order valence-electron chi connectivity index (χ0n) is 14.0. The van der Waals surface area contributed by atoms with Gasteiger partial charge in [-0.2, -0.15) is 0 Å². The Morgan fingerprint density at radius 2 is 1.76 bits per heavy atom. The van der Waals surface area contributed by atoms with Gasteiger partial charge in [0, 0.05) is 39.5 Å². The molecule has 1 atom stereocenters. The van der Waals surface area contributed by atoms with Gasteiger partial charge >= 0.3 is 0 Å². The SMILES string of the molecule is CCC1CCN(c2nnc(-c3ccc(Cl)cc3)c3ccc(Cl)cc23)C1. The van der Waals surface area contributed by atoms with E-state index < -0.39 is 0 Å². The molecule has 25 heavy (non-hydrogen) atoms. The lowest BCUT2D eigenvalue weighted by Crippen LogP contribution is -2.21. The van der Waals surface area contributed by atoms with E-state index in [1.807, 2.05) is 42.5 Å². The first-order chi connectivity index (χ1) is 12.2. The zero-order valence-corrected chi connectivity index (χ0v) is 15.6. The van der Waals surface area contributed by atoms with E-state index >= 15 is 0 Å². The fourth-order valence-electron chi connectivity index (χ4n) is 3.53. The Balaban J connectivity index is 1.85. The van der Waals surface area contributed by atoms with Crippen LogP contribution in [-0.2, 0) is 0 Å². The third kappa shape index (κ3) is 3.19. The summed E-state index contributed by atoms with van der Waals surface area (Å²) in [4.78, 5) is 2.34. The van der Waals surface area contributed by atoms with Crippen molar-refractivity contribution in [2.75, 3.05) is 18.0 Å². The third-order valence-corrected chi connectivity index (χ3v) is 5.49. The van der Waals surface area contributed by atoms with Crippen LogP contribution in [0.3, 0.4) is 0 Å². The van der Waals surface area contributed by atoms with Crippen molar-refractivity contribution in [2.24, 2.45) is 5.92 Å². The molecule has 0 saturated carbocycles. The number of rotatable bonds is 3. The summed E-state index contributed by atoms with van der Waals surface area (Å²) in [5.41, 5.74) is 1.86. The molecule has 1 aliphatic heterocycles. The summed E-state index contributed by atoms with van der Waals surface area (Å²) in [5.74, 6) is 1.66. The molecule has 1 aromatic heterocycles. The van der Waals surface area contributed by atoms with E-state index in [1.165, 1.54) is 12.8 Å². The van der Waals surface area contributed by atoms with Gasteiger partial charge < -0.3 is 4.90 Å². The van der Waals surface area contributed by atoms with Crippen LogP contribution < -0.4 is 4.90 Å². The number of aromatic nitrogens is 2. The van der Waals surface area contributed by atoms with Gasteiger partial charge in [0.1, 0.15) is 5.69 Å². The largest absolute Gasteiger partial charge is 0.354 e. The number of hydrogen-bond acceptors (Lipinski definition) is 3. The molecular formula is C20H19Cl2N3. The molecule has 0 radical (unpaired) electrons. The molecule has 1 aliphatic rings. The van der Waals surface area contributed by atoms with E-state index in [2.05, 4.69) is 22.0 Å². The van der Waals surface area contributed by atoms with Gasteiger partial charge in [0.15, 0.2) is 5.82 Å². The molecule has 0 spiro atoms. The van der Waals surface area contributed by atoms with Gasteiger partial charge in [0.25, 0.3) is 0 Å². The predicted molar refractivity (Wildman–Crippen MR) is 106 cm³/mol. The van der Waals surface area contributed by atoms with Gasteiger partial charge in [-0.3, -0.25) is 0 Å². The highest BCUT2D eigenvalue weighted by Crippen LogP contribution is 2.35. The molecular weight excluding hydrogens is 353 g/mol. The lowest BCUT2D eigenvalue weighted by Gasteiger charge is -2.20. The molecule has 1 saturated heterocycles. The first-order valence-corrected chi connectivity index (χ1v) is 9.38. The van der Waals surface area contributed by atoms with Gasteiger partial charge in [-0.1, -0.05) is 54.7 Å². The third-order valence-electron chi connectivity index (χ3n) is 5.00. The molecule has 3 nitrogen and oxygen atoms in total. The van der Waals surface area contributed by atoms with Crippen molar-refractivity contribution in [2.45, 2.75) is 19.8 Å². The molecule has 2 heterocycles. The Kier molecular flexibility index (Phi) is 4.53. The summed E-state index contributed by atoms with van der Waals surface area (Å²) >= 11 is 12.3. The summed E-state index contributed by atoms with van der Waals surface area (Å²) in [6.45, 7) is 4.31. The minimum atomic E-state index is 0.711. The van der Waals surface area contributed by atoms with Crippen molar-refractivity contribution >= 4 is 39.8 Å². The van der Waals surface area contributed by atoms with E-state index in [9.17, 15) is 0 Å². The number of benzene rings is 2. The number of anilines is 1. The highest BCUT2D eigenvalue weighted by molar-refractivity contribution is 6.31. The Hall–Kier alpha value is -1.84. The smallest absolute Gasteiger partial charge is 0.159 e. The second-order valence-corrected chi connectivity index (χ2v) is 7.45. The number of nitrogens with zero attached hydrogens (tertiary/aromatic N) is 3. The van der Waals surface area contributed by atoms with Crippen molar-refractivity contribution in [3.05, 3.63) is 52.5 Å². The Bertz CT molecular complexity index is 909. The van der Waals surface area contributed by atoms with Gasteiger partial charge in [-0.15, -0.1) is 10.2 Å². The molecule has 1 fully saturated rings. The monoisotopic (exact) mass is 371 g/mol. The second-order valence-electron chi connectivity index (χ2n) is 6.58. The molecule has 1 unspecified atom stereocenters. The maximum absolute atomic E-state index is 6.29. The Morgan fingerprint density at radius 1 is 1.00 bits per heavy atom. The van der Waals surface area contributed by atoms with Crippen LogP contribution in [0.25, 0.3) is 22.0 Å². The summed E-state index contributed by atoms with van der Waals surface area (Å²) in [7, 11) is 0. The zero-order chi connectivity index (χ0) is 17.4. The average molecular weight is 372 g/mol. The number of halogens is 2. The molecule has 5 heteroatoms. The lowest BCUT2D eigenvalue weighted by molar-refractivity contribution is 0.568. The van der Waals surface area contributed by atoms with E-state index in [4.69, 9.17) is 23.2 Å². The van der Waals surface area contributed by atoms with Gasteiger partial charge in [0.2, 0.25) is 0 Å². The van der Waals surface area contributed by atoms with Crippen LogP contribution >= 0.6 is 23.2 Å². The molecule has 0 aliphatic carbocycles. The molecule has 0 N–H and O–H groups in total. The van der Waals surface area contributed by atoms with E-state index in [0.29, 0.717) is 5.02 Å². The summed E-state index contributed by atoms with van der Waals surface area (Å²) in [6, 6.07) is 13.6. The van der Waals surface area contributed by atoms with E-state index in [1.54, 1.807) is 0 Å². The van der Waals surface area contributed by atoms with Gasteiger partial charge in [-0.25, -0.2) is 0 Å². The van der Waals surface area contributed by atoms with Gasteiger partial charge in [-0.05, 0) is 36.6 Å². The summed E-state index contributed by atoms with van der Waals surface area (Å²) in [6.07, 6.45) is 2.41. The summed E-state index contributed by atoms with van der Waals surface area (Å²) in [5, 5.41) is 12.7. The van der Waals surface area contributed by atoms with Crippen molar-refractivity contribution < 1.29 is 0 Å². The highest BCUT2D eigenvalue weighted by atomic mass is 35.5. The van der Waals surface area contributed by atoms with Crippen LogP contribution in [0.15, 0.2) is 42.5 Å². The Morgan fingerprint density at radius 3 is 2.48 bits per heavy atom. The van der Waals surface area contributed by atoms with Gasteiger partial charge in [0.05, 0.1) is 0 Å². The maximum Gasteiger partial charge on any atom is 0.159 e. The lowest BCUT2D eigenvalue weighted by atomic mass is 10.0. The van der Waals surface area contributed by atoms with E-state index in [0.717, 1.165) is 51.9 Å². The van der Waals surface area contributed by atoms with Crippen molar-refractivity contribution in [1.82, 2.24) is 10.2 Å². The number of fused-ring (bicyclic) bond motifs is 1. The minimum absolute atomic E-state index is 0.711. The molecule has 2 aromatic carbocycles. The molecule has 0 amide bonds. The van der Waals surface area contributed by atoms with Crippen LogP contribution in [0, 0.1) is 5.92 Å². The quantitative estimate of drug-likeness (QED) is 0.578. The topological polar surface area (TPSA) is 29.0 Å². The first kappa shape index (κ1) is 16.6. The van der Waals surface area contributed by atoms with Crippen molar-refractivity contribution in [1.29, 1.82) is 0 Å². The number of hydrogen-bond donors (Lipinski definition) is 0. The predicted octanol–water partition coefficient (Wildman–Crippen LogP) is 5.84.